The summed E-state index contributed by atoms with van der Waals surface area (Å²) in [5.74, 6) is 11.0. The first-order valence-electron chi connectivity index (χ1n) is 33.4. The van der Waals surface area contributed by atoms with Crippen LogP contribution in [0.25, 0.3) is 0 Å². The second-order valence-corrected chi connectivity index (χ2v) is 25.6. The Hall–Kier alpha value is -6.64. The van der Waals surface area contributed by atoms with Gasteiger partial charge in [-0.1, -0.05) is 17.8 Å². The smallest absolute Gasteiger partial charge is 0.407 e. The van der Waals surface area contributed by atoms with Crippen LogP contribution >= 0.6 is 0 Å². The number of nitrogens with zero attached hydrogens (tertiary/aromatic N) is 2. The van der Waals surface area contributed by atoms with Crippen LogP contribution in [0.3, 0.4) is 0 Å². The van der Waals surface area contributed by atoms with Crippen molar-refractivity contribution in [1.29, 1.82) is 0 Å². The minimum atomic E-state index is -0.633. The van der Waals surface area contributed by atoms with Gasteiger partial charge in [0.25, 0.3) is 0 Å². The third-order valence-electron chi connectivity index (χ3n) is 12.3. The number of nitrogens with one attached hydrogen (secondary N) is 4. The highest BCUT2D eigenvalue weighted by molar-refractivity contribution is 5.69. The molecule has 0 heterocycles. The van der Waals surface area contributed by atoms with Crippen molar-refractivity contribution in [3.05, 3.63) is 47.0 Å². The molecule has 0 aliphatic heterocycles. The maximum absolute atomic E-state index is 12.3. The fourth-order valence-corrected chi connectivity index (χ4v) is 7.97. The van der Waals surface area contributed by atoms with Gasteiger partial charge in [-0.25, -0.2) is 19.2 Å². The fourth-order valence-electron chi connectivity index (χ4n) is 7.97. The number of ether oxygens (including phenoxy) is 18. The number of hydrogen-bond acceptors (Lipinski definition) is 24. The van der Waals surface area contributed by atoms with Crippen molar-refractivity contribution in [2.75, 3.05) is 225 Å². The Morgan fingerprint density at radius 2 is 0.622 bits per heavy atom. The van der Waals surface area contributed by atoms with E-state index < -0.39 is 46.8 Å². The molecule has 0 fully saturated rings. The average Bonchev–Trinajstić information content (AvgIpc) is 0.831. The van der Waals surface area contributed by atoms with Crippen molar-refractivity contribution in [3.8, 4) is 47.2 Å². The van der Waals surface area contributed by atoms with E-state index >= 15 is 0 Å². The Balaban J connectivity index is 2.23. The van der Waals surface area contributed by atoms with Gasteiger partial charge < -0.3 is 107 Å². The molecule has 0 saturated carbocycles. The molecule has 28 heteroatoms. The molecule has 2 aromatic rings. The number of carbonyl (C=O) groups is 4. The maximum Gasteiger partial charge on any atom is 0.407 e. The van der Waals surface area contributed by atoms with E-state index in [1.807, 2.05) is 0 Å². The Morgan fingerprint density at radius 3 is 0.949 bits per heavy atom. The summed E-state index contributed by atoms with van der Waals surface area (Å²) < 4.78 is 103. The summed E-state index contributed by atoms with van der Waals surface area (Å²) in [5, 5.41) is 11.1. The Bertz CT molecular complexity index is 2540. The minimum Gasteiger partial charge on any atom is -0.491 e. The van der Waals surface area contributed by atoms with E-state index in [0.717, 1.165) is 0 Å². The van der Waals surface area contributed by atoms with Gasteiger partial charge in [-0.15, -0.1) is 6.42 Å². The van der Waals surface area contributed by atoms with Gasteiger partial charge in [0.2, 0.25) is 0 Å². The molecule has 98 heavy (non-hydrogen) atoms. The van der Waals surface area contributed by atoms with Crippen molar-refractivity contribution in [3.63, 3.8) is 0 Å². The normalized spacial score (nSPS) is 11.7. The van der Waals surface area contributed by atoms with Crippen molar-refractivity contribution >= 4 is 24.4 Å². The van der Waals surface area contributed by atoms with Gasteiger partial charge in [0.05, 0.1) is 136 Å². The van der Waals surface area contributed by atoms with Gasteiger partial charge in [0.15, 0.2) is 0 Å². The highest BCUT2D eigenvalue weighted by Gasteiger charge is 2.21. The summed E-state index contributed by atoms with van der Waals surface area (Å²) in [6, 6.07) is 8.75. The van der Waals surface area contributed by atoms with Crippen LogP contribution in [0, 0.1) is 24.2 Å². The second kappa shape index (κ2) is 51.5. The summed E-state index contributed by atoms with van der Waals surface area (Å²) in [7, 11) is 3.23. The molecule has 558 valence electrons. The fraction of sp³-hybridized carbons (Fsp3) is 0.714. The Kier molecular flexibility index (Phi) is 46.0. The topological polar surface area (TPSA) is 289 Å². The van der Waals surface area contributed by atoms with Crippen LogP contribution in [0.5, 0.6) is 23.0 Å². The van der Waals surface area contributed by atoms with Crippen molar-refractivity contribution in [2.45, 2.75) is 105 Å². The van der Waals surface area contributed by atoms with Gasteiger partial charge >= 0.3 is 24.4 Å². The standard InChI is InChI=1S/C70H116N6O22/c1-16-56-54-62(94-52-48-90-44-42-86-36-34-82-15)58(55-61(56)93-51-47-89-43-41-85-35-33-81-14)18-17-57-53-59(91-49-45-87-39-37-83-31-29-75(25-21-71-63(77)95-67(2,3)4)26-22-72-64(78)96-68(5,6)7)19-20-60(57)92-50-46-88-40-38-84-32-30-76(27-23-73-65(79)97-69(8,9)10)28-24-74-66(80)98-70(11,12)13/h1,19-20,53-55H,21-52H2,2-15H3,(H,71,77)(H,72,78)(H,73,79)(H,74,80). The highest BCUT2D eigenvalue weighted by Crippen LogP contribution is 2.30. The lowest BCUT2D eigenvalue weighted by Crippen LogP contribution is -2.42. The lowest BCUT2D eigenvalue weighted by Gasteiger charge is -2.24. The highest BCUT2D eigenvalue weighted by atomic mass is 16.6. The number of rotatable bonds is 52. The monoisotopic (exact) mass is 1390 g/mol. The molecule has 0 unspecified atom stereocenters. The van der Waals surface area contributed by atoms with Crippen LogP contribution in [0.4, 0.5) is 19.2 Å². The zero-order chi connectivity index (χ0) is 72.3. The molecule has 28 nitrogen and oxygen atoms in total. The number of benzene rings is 2. The average molecular weight is 1390 g/mol. The quantitative estimate of drug-likeness (QED) is 0.0304. The number of methoxy groups -OCH3 is 2. The largest absolute Gasteiger partial charge is 0.491 e. The molecular formula is C70H116N6O22. The molecule has 0 spiro atoms. The van der Waals surface area contributed by atoms with Crippen LogP contribution in [0.15, 0.2) is 30.3 Å². The molecule has 0 aromatic heterocycles. The molecule has 2 rings (SSSR count). The van der Waals surface area contributed by atoms with Gasteiger partial charge in [-0.3, -0.25) is 9.80 Å². The molecule has 2 aromatic carbocycles. The third-order valence-corrected chi connectivity index (χ3v) is 12.3. The second-order valence-electron chi connectivity index (χ2n) is 25.6. The minimum absolute atomic E-state index is 0.171. The number of terminal acetylenes is 1. The summed E-state index contributed by atoms with van der Waals surface area (Å²) in [5.41, 5.74) is -1.11. The molecule has 0 saturated heterocycles. The SMILES string of the molecule is C#Cc1cc(OCCOCCOCCOC)c(C#Cc2cc(OCCOCCOCCN(CCNC(=O)OC(C)(C)C)CCNC(=O)OC(C)(C)C)ccc2OCCOCCOCCN(CCNC(=O)OC(C)(C)C)CCNC(=O)OC(C)(C)C)cc1OCCOCCOCCOC. The summed E-state index contributed by atoms with van der Waals surface area (Å²) in [6.45, 7) is 33.0. The van der Waals surface area contributed by atoms with Crippen LogP contribution in [0.2, 0.25) is 0 Å². The van der Waals surface area contributed by atoms with Crippen LogP contribution in [0.1, 0.15) is 99.8 Å². The van der Waals surface area contributed by atoms with Crippen LogP contribution < -0.4 is 40.2 Å². The van der Waals surface area contributed by atoms with E-state index in [4.69, 9.17) is 91.7 Å². The first kappa shape index (κ1) is 87.4. The van der Waals surface area contributed by atoms with Crippen molar-refractivity contribution in [2.24, 2.45) is 0 Å². The van der Waals surface area contributed by atoms with E-state index in [1.165, 1.54) is 0 Å². The molecule has 0 radical (unpaired) electrons. The third kappa shape index (κ3) is 49.0. The molecule has 4 amide bonds. The van der Waals surface area contributed by atoms with E-state index in [9.17, 15) is 19.2 Å². The lowest BCUT2D eigenvalue weighted by molar-refractivity contribution is 0.0177. The zero-order valence-electron chi connectivity index (χ0n) is 61.0. The molecule has 0 atom stereocenters. The molecule has 0 bridgehead atoms. The summed E-state index contributed by atoms with van der Waals surface area (Å²) >= 11 is 0. The van der Waals surface area contributed by atoms with Crippen LogP contribution in [-0.4, -0.2) is 282 Å². The molecule has 0 aliphatic carbocycles. The first-order chi connectivity index (χ1) is 46.7. The molecule has 0 aliphatic rings. The Labute approximate surface area is 582 Å². The number of alkyl carbamates (subject to hydrolysis) is 4. The predicted molar refractivity (Wildman–Crippen MR) is 369 cm³/mol. The molecular weight excluding hydrogens is 1280 g/mol. The molecule has 4 N–H and O–H groups in total. The summed E-state index contributed by atoms with van der Waals surface area (Å²) in [6.07, 6.45) is 3.96. The first-order valence-corrected chi connectivity index (χ1v) is 33.4. The van der Waals surface area contributed by atoms with E-state index in [0.29, 0.717) is 191 Å². The van der Waals surface area contributed by atoms with Gasteiger partial charge in [-0.2, -0.15) is 0 Å². The predicted octanol–water partition coefficient (Wildman–Crippen LogP) is 6.71. The van der Waals surface area contributed by atoms with E-state index in [2.05, 4.69) is 48.8 Å². The van der Waals surface area contributed by atoms with Crippen LogP contribution in [-0.2, 0) is 66.3 Å². The van der Waals surface area contributed by atoms with E-state index in [-0.39, 0.29) is 59.5 Å². The summed E-state index contributed by atoms with van der Waals surface area (Å²) in [4.78, 5) is 53.3. The zero-order valence-corrected chi connectivity index (χ0v) is 61.0. The van der Waals surface area contributed by atoms with Gasteiger partial charge in [0, 0.05) is 91.8 Å². The van der Waals surface area contributed by atoms with Gasteiger partial charge in [0.1, 0.15) is 71.8 Å². The number of hydrogen-bond donors (Lipinski definition) is 4. The van der Waals surface area contributed by atoms with Crippen molar-refractivity contribution < 1.29 is 104 Å². The Morgan fingerprint density at radius 1 is 0.347 bits per heavy atom. The van der Waals surface area contributed by atoms with Crippen molar-refractivity contribution in [1.82, 2.24) is 31.1 Å². The number of amides is 4. The number of carbonyl (C=O) groups excluding carboxylic acids is 4. The maximum atomic E-state index is 12.3. The van der Waals surface area contributed by atoms with E-state index in [1.54, 1.807) is 128 Å². The van der Waals surface area contributed by atoms with Gasteiger partial charge in [-0.05, 0) is 101 Å². The lowest BCUT2D eigenvalue weighted by atomic mass is 10.1.